The lowest BCUT2D eigenvalue weighted by atomic mass is 10.1. The van der Waals surface area contributed by atoms with E-state index in [1.54, 1.807) is 0 Å². The molecule has 0 saturated carbocycles. The molecular formula is C11H11F2NO4S. The summed E-state index contributed by atoms with van der Waals surface area (Å²) in [6.45, 7) is -0.0226. The van der Waals surface area contributed by atoms with Crippen LogP contribution in [0.2, 0.25) is 0 Å². The standard InChI is InChI=1S/C11H11F2NO4S/c12-8-5-7(11(15)16)6-9(13)10(8)14-1-3-19(17,18)4-2-14/h5-6H,1-4H2,(H,15,16). The molecule has 5 nitrogen and oxygen atoms in total. The van der Waals surface area contributed by atoms with Crippen LogP contribution in [0.15, 0.2) is 12.1 Å². The largest absolute Gasteiger partial charge is 0.478 e. The van der Waals surface area contributed by atoms with Gasteiger partial charge in [0, 0.05) is 13.1 Å². The van der Waals surface area contributed by atoms with Crippen LogP contribution in [0, 0.1) is 11.6 Å². The van der Waals surface area contributed by atoms with Crippen molar-refractivity contribution in [3.8, 4) is 0 Å². The van der Waals surface area contributed by atoms with E-state index in [0.717, 1.165) is 12.1 Å². The minimum atomic E-state index is -3.15. The van der Waals surface area contributed by atoms with Crippen LogP contribution in [0.1, 0.15) is 10.4 Å². The highest BCUT2D eigenvalue weighted by molar-refractivity contribution is 7.91. The molecule has 1 aliphatic rings. The zero-order valence-corrected chi connectivity index (χ0v) is 10.6. The molecule has 0 spiro atoms. The molecule has 1 aromatic carbocycles. The first-order valence-electron chi connectivity index (χ1n) is 5.48. The molecule has 0 bridgehead atoms. The van der Waals surface area contributed by atoms with Crippen LogP contribution in [0.25, 0.3) is 0 Å². The van der Waals surface area contributed by atoms with Crippen LogP contribution < -0.4 is 4.90 Å². The molecule has 0 radical (unpaired) electrons. The molecule has 1 N–H and O–H groups in total. The highest BCUT2D eigenvalue weighted by atomic mass is 32.2. The van der Waals surface area contributed by atoms with E-state index in [9.17, 15) is 22.0 Å². The number of halogens is 2. The molecule has 0 unspecified atom stereocenters. The summed E-state index contributed by atoms with van der Waals surface area (Å²) in [5.41, 5.74) is -0.858. The molecule has 0 aromatic heterocycles. The number of carbonyl (C=O) groups is 1. The second kappa shape index (κ2) is 4.76. The third-order valence-electron chi connectivity index (χ3n) is 2.92. The number of nitrogens with zero attached hydrogens (tertiary/aromatic N) is 1. The van der Waals surface area contributed by atoms with Gasteiger partial charge in [-0.15, -0.1) is 0 Å². The Balaban J connectivity index is 2.34. The minimum absolute atomic E-state index is 0.0113. The average Bonchev–Trinajstić information content (AvgIpc) is 2.30. The number of carboxylic acids is 1. The Kier molecular flexibility index (Phi) is 3.44. The van der Waals surface area contributed by atoms with Gasteiger partial charge in [0.1, 0.15) is 17.3 Å². The summed E-state index contributed by atoms with van der Waals surface area (Å²) in [7, 11) is -3.15. The molecule has 1 saturated heterocycles. The van der Waals surface area contributed by atoms with E-state index in [-0.39, 0.29) is 30.3 Å². The highest BCUT2D eigenvalue weighted by Gasteiger charge is 2.26. The van der Waals surface area contributed by atoms with Gasteiger partial charge in [0.25, 0.3) is 0 Å². The summed E-state index contributed by atoms with van der Waals surface area (Å²) in [5.74, 6) is -3.78. The fourth-order valence-electron chi connectivity index (χ4n) is 1.93. The summed E-state index contributed by atoms with van der Waals surface area (Å²) in [5, 5.41) is 8.68. The average molecular weight is 291 g/mol. The Labute approximate surface area is 108 Å². The van der Waals surface area contributed by atoms with Crippen molar-refractivity contribution in [3.05, 3.63) is 29.3 Å². The second-order valence-electron chi connectivity index (χ2n) is 4.23. The molecule has 0 amide bonds. The maximum atomic E-state index is 13.8. The Morgan fingerprint density at radius 1 is 1.16 bits per heavy atom. The molecule has 0 aliphatic carbocycles. The monoisotopic (exact) mass is 291 g/mol. The van der Waals surface area contributed by atoms with Crippen molar-refractivity contribution in [3.63, 3.8) is 0 Å². The molecule has 1 aromatic rings. The Morgan fingerprint density at radius 3 is 2.05 bits per heavy atom. The van der Waals surface area contributed by atoms with Gasteiger partial charge in [-0.25, -0.2) is 22.0 Å². The van der Waals surface area contributed by atoms with Crippen molar-refractivity contribution in [1.82, 2.24) is 0 Å². The van der Waals surface area contributed by atoms with E-state index >= 15 is 0 Å². The fourth-order valence-corrected chi connectivity index (χ4v) is 3.13. The third kappa shape index (κ3) is 2.83. The summed E-state index contributed by atoms with van der Waals surface area (Å²) in [6.07, 6.45) is 0. The van der Waals surface area contributed by atoms with Crippen molar-refractivity contribution >= 4 is 21.5 Å². The summed E-state index contributed by atoms with van der Waals surface area (Å²) in [4.78, 5) is 11.9. The number of rotatable bonds is 2. The summed E-state index contributed by atoms with van der Waals surface area (Å²) in [6, 6.07) is 1.45. The fraction of sp³-hybridized carbons (Fsp3) is 0.364. The van der Waals surface area contributed by atoms with Gasteiger partial charge in [-0.1, -0.05) is 0 Å². The summed E-state index contributed by atoms with van der Waals surface area (Å²) >= 11 is 0. The van der Waals surface area contributed by atoms with Crippen molar-refractivity contribution in [2.45, 2.75) is 0 Å². The number of anilines is 1. The normalized spacial score (nSPS) is 18.3. The summed E-state index contributed by atoms with van der Waals surface area (Å²) < 4.78 is 50.0. The number of hydrogen-bond donors (Lipinski definition) is 1. The lowest BCUT2D eigenvalue weighted by Gasteiger charge is -2.29. The smallest absolute Gasteiger partial charge is 0.335 e. The Bertz CT molecular complexity index is 593. The zero-order valence-electron chi connectivity index (χ0n) is 9.77. The first kappa shape index (κ1) is 13.7. The predicted molar refractivity (Wildman–Crippen MR) is 64.2 cm³/mol. The first-order chi connectivity index (χ1) is 8.80. The van der Waals surface area contributed by atoms with Gasteiger partial charge >= 0.3 is 5.97 Å². The van der Waals surface area contributed by atoms with E-state index < -0.39 is 33.0 Å². The van der Waals surface area contributed by atoms with E-state index in [1.807, 2.05) is 0 Å². The quantitative estimate of drug-likeness (QED) is 0.876. The molecule has 104 valence electrons. The maximum Gasteiger partial charge on any atom is 0.335 e. The zero-order chi connectivity index (χ0) is 14.2. The molecular weight excluding hydrogens is 280 g/mol. The Hall–Kier alpha value is -1.70. The van der Waals surface area contributed by atoms with Gasteiger partial charge in [-0.3, -0.25) is 0 Å². The van der Waals surface area contributed by atoms with Gasteiger partial charge in [-0.05, 0) is 12.1 Å². The van der Waals surface area contributed by atoms with E-state index in [4.69, 9.17) is 5.11 Å². The number of hydrogen-bond acceptors (Lipinski definition) is 4. The van der Waals surface area contributed by atoms with Gasteiger partial charge in [-0.2, -0.15) is 0 Å². The van der Waals surface area contributed by atoms with Crippen molar-refractivity contribution in [2.75, 3.05) is 29.5 Å². The molecule has 2 rings (SSSR count). The molecule has 0 atom stereocenters. The van der Waals surface area contributed by atoms with Crippen LogP contribution in [0.4, 0.5) is 14.5 Å². The maximum absolute atomic E-state index is 13.8. The van der Waals surface area contributed by atoms with E-state index in [1.165, 1.54) is 4.90 Å². The second-order valence-corrected chi connectivity index (χ2v) is 6.54. The van der Waals surface area contributed by atoms with Crippen LogP contribution in [-0.4, -0.2) is 44.1 Å². The predicted octanol–water partition coefficient (Wildman–Crippen LogP) is 0.898. The van der Waals surface area contributed by atoms with E-state index in [0.29, 0.717) is 0 Å². The first-order valence-corrected chi connectivity index (χ1v) is 7.30. The van der Waals surface area contributed by atoms with Gasteiger partial charge in [0.05, 0.1) is 17.1 Å². The lowest BCUT2D eigenvalue weighted by molar-refractivity contribution is 0.0695. The molecule has 1 heterocycles. The molecule has 1 aliphatic heterocycles. The van der Waals surface area contributed by atoms with Crippen molar-refractivity contribution < 1.29 is 27.1 Å². The number of aromatic carboxylic acids is 1. The van der Waals surface area contributed by atoms with Crippen LogP contribution >= 0.6 is 0 Å². The number of carboxylic acid groups (broad SMARTS) is 1. The van der Waals surface area contributed by atoms with Gasteiger partial charge in [0.15, 0.2) is 9.84 Å². The van der Waals surface area contributed by atoms with Crippen LogP contribution in [-0.2, 0) is 9.84 Å². The Morgan fingerprint density at radius 2 is 1.63 bits per heavy atom. The van der Waals surface area contributed by atoms with E-state index in [2.05, 4.69) is 0 Å². The topological polar surface area (TPSA) is 74.7 Å². The van der Waals surface area contributed by atoms with Crippen LogP contribution in [0.5, 0.6) is 0 Å². The van der Waals surface area contributed by atoms with Crippen LogP contribution in [0.3, 0.4) is 0 Å². The van der Waals surface area contributed by atoms with Crippen molar-refractivity contribution in [1.29, 1.82) is 0 Å². The minimum Gasteiger partial charge on any atom is -0.478 e. The SMILES string of the molecule is O=C(O)c1cc(F)c(N2CCS(=O)(=O)CC2)c(F)c1. The third-order valence-corrected chi connectivity index (χ3v) is 4.53. The number of sulfone groups is 1. The van der Waals surface area contributed by atoms with Gasteiger partial charge < -0.3 is 10.0 Å². The lowest BCUT2D eigenvalue weighted by Crippen LogP contribution is -2.41. The van der Waals surface area contributed by atoms with Gasteiger partial charge in [0.2, 0.25) is 0 Å². The molecule has 8 heteroatoms. The molecule has 1 fully saturated rings. The number of benzene rings is 1. The van der Waals surface area contributed by atoms with Crippen molar-refractivity contribution in [2.24, 2.45) is 0 Å². The highest BCUT2D eigenvalue weighted by Crippen LogP contribution is 2.26. The molecule has 19 heavy (non-hydrogen) atoms.